The average Bonchev–Trinajstić information content (AvgIpc) is 3.09. The summed E-state index contributed by atoms with van der Waals surface area (Å²) in [4.78, 5) is 1.88. The summed E-state index contributed by atoms with van der Waals surface area (Å²) in [5, 5.41) is 41.7. The minimum absolute atomic E-state index is 0.0330. The topological polar surface area (TPSA) is 84.2 Å². The van der Waals surface area contributed by atoms with Crippen molar-refractivity contribution in [2.24, 2.45) is 5.92 Å². The summed E-state index contributed by atoms with van der Waals surface area (Å²) >= 11 is 0. The highest BCUT2D eigenvalue weighted by molar-refractivity contribution is 5.54. The van der Waals surface area contributed by atoms with Gasteiger partial charge >= 0.3 is 0 Å². The van der Waals surface area contributed by atoms with Crippen molar-refractivity contribution < 1.29 is 24.8 Å². The van der Waals surface area contributed by atoms with E-state index in [1.165, 1.54) is 24.3 Å². The zero-order valence-electron chi connectivity index (χ0n) is 17.0. The Kier molecular flexibility index (Phi) is 6.11. The third-order valence-corrected chi connectivity index (χ3v) is 6.03. The van der Waals surface area contributed by atoms with E-state index in [1.807, 2.05) is 35.2 Å². The molecular weight excluding hydrogens is 397 g/mol. The Morgan fingerprint density at radius 2 is 1.68 bits per heavy atom. The molecule has 1 aliphatic heterocycles. The molecule has 0 radical (unpaired) electrons. The van der Waals surface area contributed by atoms with Gasteiger partial charge in [0.1, 0.15) is 23.5 Å². The summed E-state index contributed by atoms with van der Waals surface area (Å²) in [6.07, 6.45) is -0.0212. The Balaban J connectivity index is 1.61. The molecule has 0 aliphatic carbocycles. The first kappa shape index (κ1) is 21.2. The van der Waals surface area contributed by atoms with E-state index < -0.39 is 12.3 Å². The van der Waals surface area contributed by atoms with E-state index >= 15 is 0 Å². The number of hydrogen-bond acceptors (Lipinski definition) is 5. The molecule has 3 aromatic carbocycles. The Labute approximate surface area is 180 Å². The Morgan fingerprint density at radius 3 is 2.35 bits per heavy atom. The summed E-state index contributed by atoms with van der Waals surface area (Å²) < 4.78 is 13.2. The van der Waals surface area contributed by atoms with E-state index in [1.54, 1.807) is 18.2 Å². The lowest BCUT2D eigenvalue weighted by molar-refractivity contribution is 0.149. The Bertz CT molecular complexity index is 1010. The van der Waals surface area contributed by atoms with Gasteiger partial charge in [-0.15, -0.1) is 0 Å². The number of aliphatic hydroxyl groups is 2. The molecule has 0 aromatic heterocycles. The smallest absolute Gasteiger partial charge is 0.127 e. The molecule has 1 heterocycles. The van der Waals surface area contributed by atoms with E-state index in [-0.39, 0.29) is 29.3 Å². The molecule has 1 saturated heterocycles. The number of nitrogens with zero attached hydrogens (tertiary/aromatic N) is 1. The van der Waals surface area contributed by atoms with Gasteiger partial charge in [-0.05, 0) is 67.1 Å². The molecule has 0 saturated carbocycles. The number of rotatable bonds is 6. The van der Waals surface area contributed by atoms with Gasteiger partial charge in [-0.3, -0.25) is 0 Å². The summed E-state index contributed by atoms with van der Waals surface area (Å²) in [6.45, 7) is 0. The van der Waals surface area contributed by atoms with Crippen molar-refractivity contribution in [1.82, 2.24) is 0 Å². The van der Waals surface area contributed by atoms with Crippen molar-refractivity contribution in [3.63, 3.8) is 0 Å². The number of hydrogen-bond donors (Lipinski definition) is 4. The number of phenolic OH excluding ortho intramolecular Hbond substituents is 2. The second-order valence-corrected chi connectivity index (χ2v) is 8.05. The Morgan fingerprint density at radius 1 is 0.968 bits per heavy atom. The number of halogens is 1. The predicted octanol–water partition coefficient (Wildman–Crippen LogP) is 4.64. The van der Waals surface area contributed by atoms with Crippen molar-refractivity contribution in [2.75, 3.05) is 4.90 Å². The van der Waals surface area contributed by atoms with Gasteiger partial charge in [-0.25, -0.2) is 4.39 Å². The van der Waals surface area contributed by atoms with Crippen LogP contribution in [0.3, 0.4) is 0 Å². The lowest BCUT2D eigenvalue weighted by Crippen LogP contribution is -2.32. The molecule has 0 bridgehead atoms. The number of phenols is 2. The van der Waals surface area contributed by atoms with Crippen LogP contribution in [0.2, 0.25) is 0 Å². The maximum atomic E-state index is 13.2. The first-order valence-electron chi connectivity index (χ1n) is 10.4. The summed E-state index contributed by atoms with van der Waals surface area (Å²) in [5.41, 5.74) is 2.08. The van der Waals surface area contributed by atoms with Crippen LogP contribution in [-0.4, -0.2) is 26.7 Å². The number of benzene rings is 3. The second-order valence-electron chi connectivity index (χ2n) is 8.05. The highest BCUT2D eigenvalue weighted by Gasteiger charge is 2.42. The average molecular weight is 423 g/mol. The first-order valence-corrected chi connectivity index (χ1v) is 10.4. The zero-order valence-corrected chi connectivity index (χ0v) is 17.0. The molecule has 1 fully saturated rings. The largest absolute Gasteiger partial charge is 0.508 e. The van der Waals surface area contributed by atoms with E-state index in [2.05, 4.69) is 0 Å². The van der Waals surface area contributed by atoms with Gasteiger partial charge in [0, 0.05) is 17.3 Å². The number of aromatic hydroxyl groups is 2. The van der Waals surface area contributed by atoms with Crippen molar-refractivity contribution in [1.29, 1.82) is 0 Å². The monoisotopic (exact) mass is 423 g/mol. The molecule has 31 heavy (non-hydrogen) atoms. The standard InChI is InChI=1S/C25H26FNO4/c26-18-9-6-16(7-10-18)22(29)13-8-17-14-24(31)27(19-4-2-1-3-5-19)25(17)21-12-11-20(28)15-23(21)30/h1-7,9-12,15,17,22,24-25,28-31H,8,13-14H2. The third-order valence-electron chi connectivity index (χ3n) is 6.03. The van der Waals surface area contributed by atoms with Crippen molar-refractivity contribution >= 4 is 5.69 Å². The normalized spacial score (nSPS) is 21.9. The van der Waals surface area contributed by atoms with Gasteiger partial charge in [-0.1, -0.05) is 30.3 Å². The van der Waals surface area contributed by atoms with E-state index in [9.17, 15) is 24.8 Å². The highest BCUT2D eigenvalue weighted by Crippen LogP contribution is 2.48. The quantitative estimate of drug-likeness (QED) is 0.464. The van der Waals surface area contributed by atoms with Crippen molar-refractivity contribution in [3.8, 4) is 11.5 Å². The van der Waals surface area contributed by atoms with E-state index in [0.717, 1.165) is 5.69 Å². The molecule has 1 aliphatic rings. The number of aliphatic hydroxyl groups excluding tert-OH is 2. The van der Waals surface area contributed by atoms with Crippen LogP contribution >= 0.6 is 0 Å². The second kappa shape index (κ2) is 8.96. The lowest BCUT2D eigenvalue weighted by atomic mass is 9.87. The molecular formula is C25H26FNO4. The van der Waals surface area contributed by atoms with Crippen molar-refractivity contribution in [2.45, 2.75) is 37.6 Å². The van der Waals surface area contributed by atoms with Crippen LogP contribution < -0.4 is 4.90 Å². The molecule has 4 atom stereocenters. The molecule has 4 N–H and O–H groups in total. The third kappa shape index (κ3) is 4.50. The highest BCUT2D eigenvalue weighted by atomic mass is 19.1. The molecule has 5 nitrogen and oxygen atoms in total. The fourth-order valence-corrected chi connectivity index (χ4v) is 4.54. The van der Waals surface area contributed by atoms with Gasteiger partial charge in [-0.2, -0.15) is 0 Å². The van der Waals surface area contributed by atoms with Crippen LogP contribution in [0.4, 0.5) is 10.1 Å². The molecule has 162 valence electrons. The van der Waals surface area contributed by atoms with Crippen LogP contribution in [0.15, 0.2) is 72.8 Å². The zero-order chi connectivity index (χ0) is 22.0. The van der Waals surface area contributed by atoms with Gasteiger partial charge in [0.15, 0.2) is 0 Å². The minimum Gasteiger partial charge on any atom is -0.508 e. The molecule has 4 rings (SSSR count). The summed E-state index contributed by atoms with van der Waals surface area (Å²) in [5.74, 6) is -0.476. The van der Waals surface area contributed by atoms with Gasteiger partial charge in [0.2, 0.25) is 0 Å². The molecule has 3 aromatic rings. The fourth-order valence-electron chi connectivity index (χ4n) is 4.54. The van der Waals surface area contributed by atoms with Crippen LogP contribution in [0.25, 0.3) is 0 Å². The van der Waals surface area contributed by atoms with Crippen molar-refractivity contribution in [3.05, 3.63) is 89.7 Å². The van der Waals surface area contributed by atoms with E-state index in [4.69, 9.17) is 0 Å². The SMILES string of the molecule is Oc1ccc(C2C(CCC(O)c3ccc(F)cc3)CC(O)N2c2ccccc2)c(O)c1. The summed E-state index contributed by atoms with van der Waals surface area (Å²) in [7, 11) is 0. The maximum Gasteiger partial charge on any atom is 0.127 e. The molecule has 0 spiro atoms. The lowest BCUT2D eigenvalue weighted by Gasteiger charge is -2.32. The maximum absolute atomic E-state index is 13.2. The fraction of sp³-hybridized carbons (Fsp3) is 0.280. The van der Waals surface area contributed by atoms with Gasteiger partial charge in [0.25, 0.3) is 0 Å². The molecule has 6 heteroatoms. The van der Waals surface area contributed by atoms with Gasteiger partial charge in [0.05, 0.1) is 12.1 Å². The van der Waals surface area contributed by atoms with E-state index in [0.29, 0.717) is 30.4 Å². The predicted molar refractivity (Wildman–Crippen MR) is 116 cm³/mol. The molecule has 4 unspecified atom stereocenters. The number of para-hydroxylation sites is 1. The first-order chi connectivity index (χ1) is 14.9. The van der Waals surface area contributed by atoms with Crippen LogP contribution in [-0.2, 0) is 0 Å². The molecule has 0 amide bonds. The van der Waals surface area contributed by atoms with Crippen LogP contribution in [0, 0.1) is 11.7 Å². The summed E-state index contributed by atoms with van der Waals surface area (Å²) in [6, 6.07) is 19.4. The van der Waals surface area contributed by atoms with Crippen LogP contribution in [0.5, 0.6) is 11.5 Å². The minimum atomic E-state index is -0.756. The Hall–Kier alpha value is -3.09. The van der Waals surface area contributed by atoms with Crippen LogP contribution in [0.1, 0.15) is 42.5 Å². The number of anilines is 1. The van der Waals surface area contributed by atoms with Gasteiger partial charge < -0.3 is 25.3 Å².